The molecule has 1 aliphatic heterocycles. The zero-order valence-electron chi connectivity index (χ0n) is 14.3. The van der Waals surface area contributed by atoms with E-state index in [2.05, 4.69) is 36.1 Å². The fourth-order valence-electron chi connectivity index (χ4n) is 3.33. The summed E-state index contributed by atoms with van der Waals surface area (Å²) >= 11 is 0. The molecule has 0 spiro atoms. The zero-order valence-corrected chi connectivity index (χ0v) is 15.3. The molecule has 1 unspecified atom stereocenters. The number of rotatable bonds is 8. The van der Waals surface area contributed by atoms with Crippen molar-refractivity contribution in [2.45, 2.75) is 38.3 Å². The van der Waals surface area contributed by atoms with Crippen LogP contribution < -0.4 is 0 Å². The van der Waals surface area contributed by atoms with E-state index >= 15 is 0 Å². The molecule has 0 bridgehead atoms. The van der Waals surface area contributed by atoms with Crippen molar-refractivity contribution in [3.63, 3.8) is 0 Å². The summed E-state index contributed by atoms with van der Waals surface area (Å²) in [5.74, 6) is 0. The maximum absolute atomic E-state index is 5.51. The van der Waals surface area contributed by atoms with Crippen molar-refractivity contribution in [3.8, 4) is 0 Å². The van der Waals surface area contributed by atoms with Gasteiger partial charge in [0.25, 0.3) is 0 Å². The van der Waals surface area contributed by atoms with Gasteiger partial charge >= 0.3 is 8.80 Å². The third-order valence-electron chi connectivity index (χ3n) is 4.59. The number of nitrogens with zero attached hydrogens (tertiary/aromatic N) is 1. The van der Waals surface area contributed by atoms with E-state index in [0.717, 1.165) is 0 Å². The van der Waals surface area contributed by atoms with Crippen LogP contribution in [0.15, 0.2) is 24.3 Å². The maximum Gasteiger partial charge on any atom is 0.504 e. The highest BCUT2D eigenvalue weighted by Crippen LogP contribution is 2.32. The molecule has 1 aromatic rings. The molecular formula is C17H29NO3Si. The first-order valence-electron chi connectivity index (χ1n) is 8.16. The molecule has 1 atom stereocenters. The predicted octanol–water partition coefficient (Wildman–Crippen LogP) is 3.19. The summed E-state index contributed by atoms with van der Waals surface area (Å²) in [7, 11) is 2.44. The Kier molecular flexibility index (Phi) is 6.59. The van der Waals surface area contributed by atoms with Gasteiger partial charge in [0, 0.05) is 33.4 Å². The normalized spacial score (nSPS) is 19.7. The molecule has 1 heterocycles. The van der Waals surface area contributed by atoms with Crippen molar-refractivity contribution < 1.29 is 13.3 Å². The number of benzene rings is 1. The largest absolute Gasteiger partial charge is 0.504 e. The maximum atomic E-state index is 5.51. The monoisotopic (exact) mass is 323 g/mol. The Morgan fingerprint density at radius 3 is 2.27 bits per heavy atom. The van der Waals surface area contributed by atoms with Crippen LogP contribution >= 0.6 is 0 Å². The van der Waals surface area contributed by atoms with E-state index in [1.165, 1.54) is 43.5 Å². The molecule has 2 rings (SSSR count). The lowest BCUT2D eigenvalue weighted by Gasteiger charge is -2.26. The van der Waals surface area contributed by atoms with Gasteiger partial charge in [-0.3, -0.25) is 4.90 Å². The molecule has 5 heteroatoms. The SMILES string of the molecule is CCCN1CCCC1c1ccc(C[Si](OC)(OC)OC)cc1. The molecule has 1 aromatic carbocycles. The third kappa shape index (κ3) is 3.97. The minimum atomic E-state index is -2.54. The van der Waals surface area contributed by atoms with Crippen molar-refractivity contribution >= 4 is 8.80 Å². The molecule has 0 radical (unpaired) electrons. The van der Waals surface area contributed by atoms with Crippen LogP contribution in [0.5, 0.6) is 0 Å². The van der Waals surface area contributed by atoms with Crippen LogP contribution in [0.25, 0.3) is 0 Å². The summed E-state index contributed by atoms with van der Waals surface area (Å²) in [5, 5.41) is 0. The van der Waals surface area contributed by atoms with Gasteiger partial charge in [0.2, 0.25) is 0 Å². The molecule has 1 saturated heterocycles. The molecule has 1 fully saturated rings. The summed E-state index contributed by atoms with van der Waals surface area (Å²) < 4.78 is 16.5. The highest BCUT2D eigenvalue weighted by Gasteiger charge is 2.38. The highest BCUT2D eigenvalue weighted by atomic mass is 28.4. The fourth-order valence-corrected chi connectivity index (χ4v) is 5.00. The first-order valence-corrected chi connectivity index (χ1v) is 10.1. The summed E-state index contributed by atoms with van der Waals surface area (Å²) in [5.41, 5.74) is 2.63. The van der Waals surface area contributed by atoms with Gasteiger partial charge in [0.15, 0.2) is 0 Å². The molecule has 0 N–H and O–H groups in total. The van der Waals surface area contributed by atoms with Gasteiger partial charge in [-0.25, -0.2) is 0 Å². The van der Waals surface area contributed by atoms with Crippen LogP contribution in [-0.4, -0.2) is 48.1 Å². The van der Waals surface area contributed by atoms with Gasteiger partial charge in [-0.2, -0.15) is 0 Å². The molecule has 0 aromatic heterocycles. The van der Waals surface area contributed by atoms with Crippen LogP contribution in [0, 0.1) is 0 Å². The average Bonchev–Trinajstić information content (AvgIpc) is 3.02. The van der Waals surface area contributed by atoms with E-state index in [1.807, 2.05) is 0 Å². The minimum absolute atomic E-state index is 0.586. The standard InChI is InChI=1S/C17H29NO3Si/c1-5-12-18-13-6-7-17(18)16-10-8-15(9-11-16)14-22(19-2,20-3)21-4/h8-11,17H,5-7,12-14H2,1-4H3. The van der Waals surface area contributed by atoms with Crippen molar-refractivity contribution in [1.82, 2.24) is 4.90 Å². The van der Waals surface area contributed by atoms with Crippen LogP contribution in [0.3, 0.4) is 0 Å². The Balaban J connectivity index is 2.07. The first-order chi connectivity index (χ1) is 10.7. The predicted molar refractivity (Wildman–Crippen MR) is 90.8 cm³/mol. The molecular weight excluding hydrogens is 294 g/mol. The average molecular weight is 324 g/mol. The molecule has 124 valence electrons. The summed E-state index contributed by atoms with van der Waals surface area (Å²) in [4.78, 5) is 2.60. The van der Waals surface area contributed by atoms with Crippen LogP contribution in [0.2, 0.25) is 0 Å². The highest BCUT2D eigenvalue weighted by molar-refractivity contribution is 6.60. The Bertz CT molecular complexity index is 439. The molecule has 22 heavy (non-hydrogen) atoms. The second kappa shape index (κ2) is 8.22. The summed E-state index contributed by atoms with van der Waals surface area (Å²) in [6.07, 6.45) is 3.80. The van der Waals surface area contributed by atoms with E-state index < -0.39 is 8.80 Å². The molecule has 1 aliphatic rings. The number of hydrogen-bond donors (Lipinski definition) is 0. The minimum Gasteiger partial charge on any atom is -0.377 e. The number of hydrogen-bond acceptors (Lipinski definition) is 4. The Hall–Kier alpha value is -0.723. The van der Waals surface area contributed by atoms with E-state index in [9.17, 15) is 0 Å². The van der Waals surface area contributed by atoms with Crippen molar-refractivity contribution in [1.29, 1.82) is 0 Å². The Morgan fingerprint density at radius 2 is 1.73 bits per heavy atom. The first kappa shape index (κ1) is 17.6. The topological polar surface area (TPSA) is 30.9 Å². The fraction of sp³-hybridized carbons (Fsp3) is 0.647. The van der Waals surface area contributed by atoms with Gasteiger partial charge in [0.1, 0.15) is 0 Å². The summed E-state index contributed by atoms with van der Waals surface area (Å²) in [6.45, 7) is 4.68. The quantitative estimate of drug-likeness (QED) is 0.688. The Morgan fingerprint density at radius 1 is 1.09 bits per heavy atom. The van der Waals surface area contributed by atoms with E-state index in [-0.39, 0.29) is 0 Å². The number of likely N-dealkylation sites (tertiary alicyclic amines) is 1. The lowest BCUT2D eigenvalue weighted by atomic mass is 10.0. The van der Waals surface area contributed by atoms with Gasteiger partial charge in [0.05, 0.1) is 0 Å². The van der Waals surface area contributed by atoms with Crippen LogP contribution in [-0.2, 0) is 19.3 Å². The van der Waals surface area contributed by atoms with Gasteiger partial charge in [-0.15, -0.1) is 0 Å². The Labute approximate surface area is 135 Å². The molecule has 0 amide bonds. The van der Waals surface area contributed by atoms with E-state index in [4.69, 9.17) is 13.3 Å². The molecule has 0 aliphatic carbocycles. The smallest absolute Gasteiger partial charge is 0.377 e. The molecule has 0 saturated carbocycles. The van der Waals surface area contributed by atoms with Crippen molar-refractivity contribution in [2.24, 2.45) is 0 Å². The van der Waals surface area contributed by atoms with Gasteiger partial charge in [-0.1, -0.05) is 31.2 Å². The third-order valence-corrected chi connectivity index (χ3v) is 7.30. The molecule has 4 nitrogen and oxygen atoms in total. The second-order valence-electron chi connectivity index (χ2n) is 5.91. The van der Waals surface area contributed by atoms with Crippen molar-refractivity contribution in [2.75, 3.05) is 34.4 Å². The van der Waals surface area contributed by atoms with E-state index in [0.29, 0.717) is 12.1 Å². The van der Waals surface area contributed by atoms with Crippen molar-refractivity contribution in [3.05, 3.63) is 35.4 Å². The van der Waals surface area contributed by atoms with Crippen LogP contribution in [0.4, 0.5) is 0 Å². The van der Waals surface area contributed by atoms with Crippen LogP contribution in [0.1, 0.15) is 43.4 Å². The lowest BCUT2D eigenvalue weighted by Crippen LogP contribution is -2.45. The van der Waals surface area contributed by atoms with E-state index in [1.54, 1.807) is 21.3 Å². The zero-order chi connectivity index (χ0) is 16.0. The summed E-state index contributed by atoms with van der Waals surface area (Å²) in [6, 6.07) is 10.2. The lowest BCUT2D eigenvalue weighted by molar-refractivity contribution is 0.122. The second-order valence-corrected chi connectivity index (χ2v) is 8.85. The van der Waals surface area contributed by atoms with Gasteiger partial charge < -0.3 is 13.3 Å². The van der Waals surface area contributed by atoms with Gasteiger partial charge in [-0.05, 0) is 43.5 Å².